The molecular formula is C40H40N6O7. The van der Waals surface area contributed by atoms with Crippen LogP contribution in [0.1, 0.15) is 63.9 Å². The maximum atomic E-state index is 13.8. The van der Waals surface area contributed by atoms with Crippen molar-refractivity contribution in [3.05, 3.63) is 130 Å². The van der Waals surface area contributed by atoms with Crippen molar-refractivity contribution >= 4 is 57.3 Å². The van der Waals surface area contributed by atoms with Gasteiger partial charge in [-0.25, -0.2) is 9.59 Å². The second-order valence-electron chi connectivity index (χ2n) is 12.3. The maximum absolute atomic E-state index is 13.8. The molecule has 0 radical (unpaired) electrons. The molecule has 0 saturated heterocycles. The summed E-state index contributed by atoms with van der Waals surface area (Å²) in [5.74, 6) is -1.76. The number of methoxy groups -OCH3 is 2. The highest BCUT2D eigenvalue weighted by Crippen LogP contribution is 2.32. The monoisotopic (exact) mass is 716 g/mol. The number of nitrogens with two attached hydrogens (primary N) is 2. The van der Waals surface area contributed by atoms with Crippen LogP contribution in [0.5, 0.6) is 0 Å². The molecule has 272 valence electrons. The Balaban J connectivity index is 1.11. The van der Waals surface area contributed by atoms with Crippen molar-refractivity contribution in [2.75, 3.05) is 62.6 Å². The number of nitrogens with one attached hydrogen (secondary N) is 2. The third kappa shape index (κ3) is 6.89. The fraction of sp³-hybridized carbons (Fsp3) is 0.200. The molecule has 4 aromatic heterocycles. The van der Waals surface area contributed by atoms with Gasteiger partial charge in [0.1, 0.15) is 0 Å². The quantitative estimate of drug-likeness (QED) is 0.0480. The maximum Gasteiger partial charge on any atom is 0.339 e. The Morgan fingerprint density at radius 2 is 1.04 bits per heavy atom. The van der Waals surface area contributed by atoms with Gasteiger partial charge in [0.25, 0.3) is 0 Å². The lowest BCUT2D eigenvalue weighted by atomic mass is 10.0. The summed E-state index contributed by atoms with van der Waals surface area (Å²) in [7, 11) is 2.53. The molecule has 0 spiro atoms. The number of ether oxygens (including phenoxy) is 3. The predicted molar refractivity (Wildman–Crippen MR) is 203 cm³/mol. The molecule has 0 atom stereocenters. The third-order valence-corrected chi connectivity index (χ3v) is 9.14. The number of benzene rings is 2. The SMILES string of the molecule is COC(=O)c1cc(C(=O)c2c(C)c(NCCOCCNc3c(C)c(C(=O)c4ccc(N)c(C(=O)OC)c4)n4ccccc34)c3ccccn23)ccc1N. The molecule has 6 aromatic rings. The number of esters is 2. The molecule has 0 unspecified atom stereocenters. The summed E-state index contributed by atoms with van der Waals surface area (Å²) in [5.41, 5.74) is 18.9. The number of carbonyl (C=O) groups is 4. The number of pyridine rings is 2. The number of nitrogen functional groups attached to an aromatic ring is 2. The van der Waals surface area contributed by atoms with Crippen molar-refractivity contribution in [2.45, 2.75) is 13.8 Å². The molecule has 0 aliphatic carbocycles. The standard InChI is InChI=1S/C40H40N6O7/c1-23-33(31-9-5-7-17-45(31)35(23)37(47)25-11-13-29(41)27(21-25)39(49)51-3)43-15-19-53-20-16-44-34-24(2)36(46-18-8-6-10-32(34)46)38(48)26-12-14-30(42)28(22-26)40(50)52-4/h5-14,17-18,21-22,43-44H,15-16,19-20,41-42H2,1-4H3. The first-order valence-corrected chi connectivity index (χ1v) is 16.9. The van der Waals surface area contributed by atoms with Crippen molar-refractivity contribution < 1.29 is 33.4 Å². The summed E-state index contributed by atoms with van der Waals surface area (Å²) < 4.78 is 19.3. The highest BCUT2D eigenvalue weighted by Gasteiger charge is 2.25. The minimum atomic E-state index is -0.616. The topological polar surface area (TPSA) is 181 Å². The van der Waals surface area contributed by atoms with Gasteiger partial charge in [0.15, 0.2) is 0 Å². The second-order valence-corrected chi connectivity index (χ2v) is 12.3. The first kappa shape index (κ1) is 36.2. The average molecular weight is 717 g/mol. The highest BCUT2D eigenvalue weighted by atomic mass is 16.5. The third-order valence-electron chi connectivity index (χ3n) is 9.14. The molecule has 0 amide bonds. The summed E-state index contributed by atoms with van der Waals surface area (Å²) >= 11 is 0. The Kier molecular flexibility index (Phi) is 10.5. The zero-order valence-corrected chi connectivity index (χ0v) is 29.8. The van der Waals surface area contributed by atoms with Crippen LogP contribution in [-0.2, 0) is 14.2 Å². The van der Waals surface area contributed by atoms with E-state index < -0.39 is 11.9 Å². The van der Waals surface area contributed by atoms with Crippen molar-refractivity contribution in [1.29, 1.82) is 0 Å². The van der Waals surface area contributed by atoms with Gasteiger partial charge in [-0.2, -0.15) is 0 Å². The van der Waals surface area contributed by atoms with E-state index in [9.17, 15) is 19.2 Å². The predicted octanol–water partition coefficient (Wildman–Crippen LogP) is 5.55. The number of carbonyl (C=O) groups excluding carboxylic acids is 4. The van der Waals surface area contributed by atoms with Crippen LogP contribution in [0, 0.1) is 13.8 Å². The Morgan fingerprint density at radius 1 is 0.623 bits per heavy atom. The van der Waals surface area contributed by atoms with Crippen molar-refractivity contribution in [3.8, 4) is 0 Å². The first-order chi connectivity index (χ1) is 25.6. The van der Waals surface area contributed by atoms with Gasteiger partial charge >= 0.3 is 11.9 Å². The van der Waals surface area contributed by atoms with Crippen molar-refractivity contribution in [1.82, 2.24) is 8.80 Å². The zero-order chi connectivity index (χ0) is 37.8. The molecule has 53 heavy (non-hydrogen) atoms. The summed E-state index contributed by atoms with van der Waals surface area (Å²) in [6, 6.07) is 20.5. The van der Waals surface area contributed by atoms with Crippen LogP contribution in [0.4, 0.5) is 22.7 Å². The van der Waals surface area contributed by atoms with Gasteiger partial charge in [0.2, 0.25) is 11.6 Å². The average Bonchev–Trinajstić information content (AvgIpc) is 3.62. The lowest BCUT2D eigenvalue weighted by molar-refractivity contribution is 0.0593. The molecule has 6 N–H and O–H groups in total. The first-order valence-electron chi connectivity index (χ1n) is 16.9. The van der Waals surface area contributed by atoms with E-state index in [0.29, 0.717) is 48.8 Å². The smallest absolute Gasteiger partial charge is 0.339 e. The van der Waals surface area contributed by atoms with Crippen LogP contribution in [-0.4, -0.2) is 72.8 Å². The van der Waals surface area contributed by atoms with Crippen LogP contribution >= 0.6 is 0 Å². The second kappa shape index (κ2) is 15.3. The molecule has 6 rings (SSSR count). The lowest BCUT2D eigenvalue weighted by Crippen LogP contribution is -2.15. The summed E-state index contributed by atoms with van der Waals surface area (Å²) in [6.07, 6.45) is 3.65. The van der Waals surface area contributed by atoms with E-state index in [-0.39, 0.29) is 34.1 Å². The van der Waals surface area contributed by atoms with E-state index in [1.165, 1.54) is 38.5 Å². The summed E-state index contributed by atoms with van der Waals surface area (Å²) in [6.45, 7) is 5.46. The molecule has 4 heterocycles. The van der Waals surface area contributed by atoms with Crippen LogP contribution < -0.4 is 22.1 Å². The Hall–Kier alpha value is -6.60. The molecule has 13 nitrogen and oxygen atoms in total. The van der Waals surface area contributed by atoms with Crippen molar-refractivity contribution in [2.24, 2.45) is 0 Å². The number of nitrogens with zero attached hydrogens (tertiary/aromatic N) is 2. The Labute approximate surface area is 305 Å². The summed E-state index contributed by atoms with van der Waals surface area (Å²) in [4.78, 5) is 52.0. The number of aromatic nitrogens is 2. The molecular weight excluding hydrogens is 676 g/mol. The van der Waals surface area contributed by atoms with Gasteiger partial charge in [-0.1, -0.05) is 12.1 Å². The fourth-order valence-electron chi connectivity index (χ4n) is 6.51. The van der Waals surface area contributed by atoms with E-state index in [2.05, 4.69) is 10.6 Å². The Bertz CT molecular complexity index is 2230. The number of ketones is 2. The molecule has 2 aromatic carbocycles. The lowest BCUT2D eigenvalue weighted by Gasteiger charge is -2.10. The highest BCUT2D eigenvalue weighted by molar-refractivity contribution is 6.13. The summed E-state index contributed by atoms with van der Waals surface area (Å²) in [5, 5.41) is 6.86. The number of rotatable bonds is 14. The number of hydrogen-bond donors (Lipinski definition) is 4. The molecule has 13 heteroatoms. The van der Waals surface area contributed by atoms with E-state index in [1.54, 1.807) is 12.1 Å². The van der Waals surface area contributed by atoms with Crippen LogP contribution in [0.25, 0.3) is 11.0 Å². The molecule has 0 bridgehead atoms. The normalized spacial score (nSPS) is 11.1. The Morgan fingerprint density at radius 3 is 1.43 bits per heavy atom. The fourth-order valence-corrected chi connectivity index (χ4v) is 6.51. The van der Waals surface area contributed by atoms with Crippen LogP contribution in [0.3, 0.4) is 0 Å². The van der Waals surface area contributed by atoms with Gasteiger partial charge in [-0.3, -0.25) is 9.59 Å². The van der Waals surface area contributed by atoms with Gasteiger partial charge in [0, 0.05) is 59.1 Å². The molecule has 0 aliphatic rings. The van der Waals surface area contributed by atoms with E-state index in [4.69, 9.17) is 25.7 Å². The van der Waals surface area contributed by atoms with Gasteiger partial charge in [-0.05, 0) is 74.5 Å². The largest absolute Gasteiger partial charge is 0.465 e. The van der Waals surface area contributed by atoms with Gasteiger partial charge in [0.05, 0.1) is 72.4 Å². The molecule has 0 saturated carbocycles. The van der Waals surface area contributed by atoms with E-state index in [1.807, 2.05) is 71.4 Å². The zero-order valence-electron chi connectivity index (χ0n) is 29.8. The van der Waals surface area contributed by atoms with Crippen LogP contribution in [0.2, 0.25) is 0 Å². The number of hydrogen-bond acceptors (Lipinski definition) is 11. The molecule has 0 fully saturated rings. The van der Waals surface area contributed by atoms with E-state index in [0.717, 1.165) is 33.5 Å². The number of anilines is 4. The van der Waals surface area contributed by atoms with Crippen molar-refractivity contribution in [3.63, 3.8) is 0 Å². The minimum absolute atomic E-state index is 0.130. The van der Waals surface area contributed by atoms with E-state index >= 15 is 0 Å². The van der Waals surface area contributed by atoms with Gasteiger partial charge in [-0.15, -0.1) is 0 Å². The minimum Gasteiger partial charge on any atom is -0.465 e. The van der Waals surface area contributed by atoms with Gasteiger partial charge < -0.3 is 45.1 Å². The van der Waals surface area contributed by atoms with Crippen LogP contribution in [0.15, 0.2) is 85.2 Å². The number of fused-ring (bicyclic) bond motifs is 2. The molecule has 0 aliphatic heterocycles.